The smallest absolute Gasteiger partial charge is 0.407 e. The summed E-state index contributed by atoms with van der Waals surface area (Å²) < 4.78 is 10.4. The predicted octanol–water partition coefficient (Wildman–Crippen LogP) is 1.75. The highest BCUT2D eigenvalue weighted by molar-refractivity contribution is 14.0. The SMILES string of the molecule is CCNC(=NCCN(C)CCOC)N1CCC(NC(=O)OC(C)(C)C)C1.I. The molecule has 27 heavy (non-hydrogen) atoms. The van der Waals surface area contributed by atoms with Crippen molar-refractivity contribution in [3.05, 3.63) is 0 Å². The Morgan fingerprint density at radius 2 is 2.04 bits per heavy atom. The number of hydrogen-bond acceptors (Lipinski definition) is 5. The van der Waals surface area contributed by atoms with Crippen LogP contribution in [0.1, 0.15) is 34.1 Å². The average molecular weight is 499 g/mol. The van der Waals surface area contributed by atoms with Crippen LogP contribution >= 0.6 is 24.0 Å². The number of likely N-dealkylation sites (tertiary alicyclic amines) is 1. The standard InChI is InChI=1S/C18H37N5O3.HI/c1-7-19-16(20-9-11-22(5)12-13-25-6)23-10-8-15(14-23)21-17(24)26-18(2,3)4;/h15H,7-14H2,1-6H3,(H,19,20)(H,21,24);1H. The van der Waals surface area contributed by atoms with Gasteiger partial charge in [-0.3, -0.25) is 4.99 Å². The van der Waals surface area contributed by atoms with Crippen molar-refractivity contribution < 1.29 is 14.3 Å². The van der Waals surface area contributed by atoms with Crippen molar-refractivity contribution in [1.29, 1.82) is 0 Å². The van der Waals surface area contributed by atoms with E-state index < -0.39 is 5.60 Å². The van der Waals surface area contributed by atoms with Crippen LogP contribution in [0.4, 0.5) is 4.79 Å². The van der Waals surface area contributed by atoms with Gasteiger partial charge >= 0.3 is 6.09 Å². The second-order valence-corrected chi connectivity index (χ2v) is 7.61. The maximum absolute atomic E-state index is 11.9. The molecule has 0 aromatic rings. The van der Waals surface area contributed by atoms with E-state index in [2.05, 4.69) is 34.4 Å². The first-order valence-corrected chi connectivity index (χ1v) is 9.45. The molecule has 0 aromatic heterocycles. The van der Waals surface area contributed by atoms with Gasteiger partial charge in [0.15, 0.2) is 5.96 Å². The quantitative estimate of drug-likeness (QED) is 0.301. The number of nitrogens with zero attached hydrogens (tertiary/aromatic N) is 3. The maximum Gasteiger partial charge on any atom is 0.407 e. The number of methoxy groups -OCH3 is 1. The molecule has 1 amide bonds. The number of carbonyl (C=O) groups is 1. The molecule has 0 radical (unpaired) electrons. The number of nitrogens with one attached hydrogen (secondary N) is 2. The molecule has 1 atom stereocenters. The monoisotopic (exact) mass is 499 g/mol. The van der Waals surface area contributed by atoms with Crippen molar-refractivity contribution in [2.24, 2.45) is 4.99 Å². The van der Waals surface area contributed by atoms with E-state index in [1.54, 1.807) is 7.11 Å². The minimum Gasteiger partial charge on any atom is -0.444 e. The molecule has 0 bridgehead atoms. The fourth-order valence-corrected chi connectivity index (χ4v) is 2.66. The van der Waals surface area contributed by atoms with Crippen LogP contribution in [0.25, 0.3) is 0 Å². The number of halogens is 1. The van der Waals surface area contributed by atoms with E-state index in [0.29, 0.717) is 0 Å². The molecule has 0 spiro atoms. The number of carbonyl (C=O) groups excluding carboxylic acids is 1. The van der Waals surface area contributed by atoms with Crippen molar-refractivity contribution in [3.63, 3.8) is 0 Å². The summed E-state index contributed by atoms with van der Waals surface area (Å²) in [6.45, 7) is 13.3. The first-order valence-electron chi connectivity index (χ1n) is 9.45. The van der Waals surface area contributed by atoms with Crippen LogP contribution in [-0.4, -0.2) is 93.5 Å². The topological polar surface area (TPSA) is 78.4 Å². The van der Waals surface area contributed by atoms with Gasteiger partial charge in [-0.2, -0.15) is 0 Å². The highest BCUT2D eigenvalue weighted by atomic mass is 127. The van der Waals surface area contributed by atoms with Gasteiger partial charge in [0.05, 0.1) is 19.2 Å². The van der Waals surface area contributed by atoms with Crippen LogP contribution in [0.5, 0.6) is 0 Å². The summed E-state index contributed by atoms with van der Waals surface area (Å²) in [5.41, 5.74) is -0.479. The molecule has 9 heteroatoms. The van der Waals surface area contributed by atoms with Crippen LogP contribution in [0.3, 0.4) is 0 Å². The van der Waals surface area contributed by atoms with Crippen LogP contribution < -0.4 is 10.6 Å². The number of hydrogen-bond donors (Lipinski definition) is 2. The number of rotatable bonds is 8. The van der Waals surface area contributed by atoms with Crippen molar-refractivity contribution in [1.82, 2.24) is 20.4 Å². The zero-order valence-electron chi connectivity index (χ0n) is 17.7. The second-order valence-electron chi connectivity index (χ2n) is 7.61. The van der Waals surface area contributed by atoms with Crippen LogP contribution in [0.2, 0.25) is 0 Å². The number of aliphatic imine (C=N–C) groups is 1. The number of amides is 1. The Hall–Kier alpha value is -0.810. The molecule has 160 valence electrons. The lowest BCUT2D eigenvalue weighted by molar-refractivity contribution is 0.0507. The van der Waals surface area contributed by atoms with Gasteiger partial charge in [-0.1, -0.05) is 0 Å². The number of guanidine groups is 1. The van der Waals surface area contributed by atoms with Crippen molar-refractivity contribution in [2.45, 2.75) is 45.8 Å². The normalized spacial score (nSPS) is 17.7. The number of alkyl carbamates (subject to hydrolysis) is 1. The summed E-state index contributed by atoms with van der Waals surface area (Å²) in [5, 5.41) is 6.29. The van der Waals surface area contributed by atoms with E-state index in [1.807, 2.05) is 20.8 Å². The third-order valence-corrected chi connectivity index (χ3v) is 3.96. The Labute approximate surface area is 181 Å². The van der Waals surface area contributed by atoms with E-state index >= 15 is 0 Å². The van der Waals surface area contributed by atoms with E-state index in [4.69, 9.17) is 14.5 Å². The minimum absolute atomic E-state index is 0. The van der Waals surface area contributed by atoms with Gasteiger partial charge in [0.25, 0.3) is 0 Å². The average Bonchev–Trinajstić information content (AvgIpc) is 2.98. The van der Waals surface area contributed by atoms with Gasteiger partial charge in [-0.25, -0.2) is 4.79 Å². The first kappa shape index (κ1) is 26.2. The molecule has 0 saturated carbocycles. The van der Waals surface area contributed by atoms with Crippen LogP contribution in [0.15, 0.2) is 4.99 Å². The molecule has 1 fully saturated rings. The molecule has 2 N–H and O–H groups in total. The zero-order valence-corrected chi connectivity index (χ0v) is 20.0. The van der Waals surface area contributed by atoms with Gasteiger partial charge in [-0.15, -0.1) is 24.0 Å². The summed E-state index contributed by atoms with van der Waals surface area (Å²) in [5.74, 6) is 0.904. The van der Waals surface area contributed by atoms with Crippen LogP contribution in [0, 0.1) is 0 Å². The van der Waals surface area contributed by atoms with Gasteiger partial charge in [0.1, 0.15) is 5.60 Å². The Bertz CT molecular complexity index is 457. The lowest BCUT2D eigenvalue weighted by Crippen LogP contribution is -2.44. The summed E-state index contributed by atoms with van der Waals surface area (Å²) in [7, 11) is 3.78. The van der Waals surface area contributed by atoms with E-state index in [0.717, 1.165) is 58.3 Å². The van der Waals surface area contributed by atoms with Crippen molar-refractivity contribution in [2.75, 3.05) is 60.0 Å². The molecule has 1 saturated heterocycles. The minimum atomic E-state index is -0.479. The molecular formula is C18H38IN5O3. The zero-order chi connectivity index (χ0) is 19.6. The fraction of sp³-hybridized carbons (Fsp3) is 0.889. The molecule has 0 aromatic carbocycles. The highest BCUT2D eigenvalue weighted by Crippen LogP contribution is 2.12. The van der Waals surface area contributed by atoms with E-state index in [-0.39, 0.29) is 36.1 Å². The molecule has 0 aliphatic carbocycles. The molecular weight excluding hydrogens is 461 g/mol. The van der Waals surface area contributed by atoms with E-state index in [9.17, 15) is 4.79 Å². The molecule has 1 unspecified atom stereocenters. The third-order valence-electron chi connectivity index (χ3n) is 3.96. The Morgan fingerprint density at radius 3 is 2.63 bits per heavy atom. The van der Waals surface area contributed by atoms with Gasteiger partial charge in [-0.05, 0) is 41.2 Å². The molecule has 1 heterocycles. The number of likely N-dealkylation sites (N-methyl/N-ethyl adjacent to an activating group) is 1. The van der Waals surface area contributed by atoms with Gasteiger partial charge in [0, 0.05) is 39.8 Å². The Kier molecular flexibility index (Phi) is 13.0. The molecule has 1 rings (SSSR count). The maximum atomic E-state index is 11.9. The predicted molar refractivity (Wildman–Crippen MR) is 120 cm³/mol. The molecule has 8 nitrogen and oxygen atoms in total. The highest BCUT2D eigenvalue weighted by Gasteiger charge is 2.27. The molecule has 1 aliphatic heterocycles. The summed E-state index contributed by atoms with van der Waals surface area (Å²) in [4.78, 5) is 21.1. The number of ether oxygens (including phenoxy) is 2. The fourth-order valence-electron chi connectivity index (χ4n) is 2.66. The van der Waals surface area contributed by atoms with E-state index in [1.165, 1.54) is 0 Å². The third kappa shape index (κ3) is 11.6. The van der Waals surface area contributed by atoms with Crippen molar-refractivity contribution in [3.8, 4) is 0 Å². The van der Waals surface area contributed by atoms with Gasteiger partial charge in [0.2, 0.25) is 0 Å². The summed E-state index contributed by atoms with van der Waals surface area (Å²) in [6, 6.07) is 0.0816. The van der Waals surface area contributed by atoms with Crippen LogP contribution in [-0.2, 0) is 9.47 Å². The molecule has 1 aliphatic rings. The second kappa shape index (κ2) is 13.4. The first-order chi connectivity index (χ1) is 12.2. The Balaban J connectivity index is 0.00000676. The lowest BCUT2D eigenvalue weighted by atomic mass is 10.2. The largest absolute Gasteiger partial charge is 0.444 e. The Morgan fingerprint density at radius 1 is 1.33 bits per heavy atom. The van der Waals surface area contributed by atoms with Crippen molar-refractivity contribution >= 4 is 36.0 Å². The van der Waals surface area contributed by atoms with Gasteiger partial charge < -0.3 is 29.9 Å². The lowest BCUT2D eigenvalue weighted by Gasteiger charge is -2.23. The summed E-state index contributed by atoms with van der Waals surface area (Å²) in [6.07, 6.45) is 0.531. The summed E-state index contributed by atoms with van der Waals surface area (Å²) >= 11 is 0.